The number of nitrogens with zero attached hydrogens (tertiary/aromatic N) is 5. The van der Waals surface area contributed by atoms with Gasteiger partial charge in [-0.1, -0.05) is 12.1 Å². The van der Waals surface area contributed by atoms with Gasteiger partial charge in [0.15, 0.2) is 5.82 Å². The molecule has 2 aromatic rings. The summed E-state index contributed by atoms with van der Waals surface area (Å²) in [5.74, 6) is 2.59. The van der Waals surface area contributed by atoms with Gasteiger partial charge in [-0.05, 0) is 50.8 Å². The molecule has 0 atom stereocenters. The van der Waals surface area contributed by atoms with Crippen LogP contribution in [0.5, 0.6) is 5.88 Å². The molecule has 1 aliphatic rings. The number of likely N-dealkylation sites (tertiary alicyclic amines) is 1. The molecule has 3 heterocycles. The first kappa shape index (κ1) is 16.8. The maximum atomic E-state index is 5.87. The van der Waals surface area contributed by atoms with Crippen molar-refractivity contribution in [1.82, 2.24) is 25.2 Å². The van der Waals surface area contributed by atoms with E-state index in [1.54, 1.807) is 0 Å². The largest absolute Gasteiger partial charge is 0.476 e. The molecule has 24 heavy (non-hydrogen) atoms. The monoisotopic (exact) mass is 331 g/mol. The van der Waals surface area contributed by atoms with E-state index in [0.717, 1.165) is 50.4 Å². The molecule has 0 N–H and O–H groups in total. The Balaban J connectivity index is 1.44. The van der Waals surface area contributed by atoms with Gasteiger partial charge in [0.05, 0.1) is 18.8 Å². The molecule has 2 aromatic heterocycles. The Morgan fingerprint density at radius 1 is 1.25 bits per heavy atom. The van der Waals surface area contributed by atoms with Crippen LogP contribution in [-0.4, -0.2) is 44.9 Å². The topological polar surface area (TPSA) is 77.2 Å². The molecule has 0 aromatic carbocycles. The van der Waals surface area contributed by atoms with Crippen LogP contribution in [0.4, 0.5) is 0 Å². The van der Waals surface area contributed by atoms with Gasteiger partial charge in [-0.3, -0.25) is 4.90 Å². The molecule has 0 bridgehead atoms. The van der Waals surface area contributed by atoms with Gasteiger partial charge in [0.1, 0.15) is 0 Å². The summed E-state index contributed by atoms with van der Waals surface area (Å²) >= 11 is 0. The third-order valence-electron chi connectivity index (χ3n) is 4.55. The van der Waals surface area contributed by atoms with E-state index in [2.05, 4.69) is 32.2 Å². The van der Waals surface area contributed by atoms with Gasteiger partial charge in [-0.2, -0.15) is 10.1 Å². The first-order valence-corrected chi connectivity index (χ1v) is 8.61. The van der Waals surface area contributed by atoms with E-state index < -0.39 is 0 Å². The third kappa shape index (κ3) is 4.29. The summed E-state index contributed by atoms with van der Waals surface area (Å²) in [6.07, 6.45) is 3.17. The van der Waals surface area contributed by atoms with Gasteiger partial charge in [-0.25, -0.2) is 0 Å². The minimum Gasteiger partial charge on any atom is -0.476 e. The second-order valence-electron chi connectivity index (χ2n) is 6.41. The van der Waals surface area contributed by atoms with Gasteiger partial charge in [0.25, 0.3) is 0 Å². The molecule has 7 nitrogen and oxygen atoms in total. The minimum atomic E-state index is 0.557. The van der Waals surface area contributed by atoms with Gasteiger partial charge in [0, 0.05) is 13.0 Å². The molecule has 7 heteroatoms. The van der Waals surface area contributed by atoms with E-state index in [1.165, 1.54) is 5.56 Å². The minimum absolute atomic E-state index is 0.557. The molecule has 0 unspecified atom stereocenters. The summed E-state index contributed by atoms with van der Waals surface area (Å²) in [4.78, 5) is 6.63. The number of rotatable bonds is 6. The summed E-state index contributed by atoms with van der Waals surface area (Å²) in [7, 11) is 0. The highest BCUT2D eigenvalue weighted by Crippen LogP contribution is 2.20. The highest BCUT2D eigenvalue weighted by molar-refractivity contribution is 5.23. The van der Waals surface area contributed by atoms with Gasteiger partial charge in [-0.15, -0.1) is 5.10 Å². The average Bonchev–Trinajstić information content (AvgIpc) is 3.00. The van der Waals surface area contributed by atoms with Crippen LogP contribution in [0.1, 0.15) is 42.7 Å². The maximum Gasteiger partial charge on any atom is 0.233 e. The number of aryl methyl sites for hydroxylation is 3. The first-order chi connectivity index (χ1) is 11.6. The Labute approximate surface area is 142 Å². The van der Waals surface area contributed by atoms with Crippen molar-refractivity contribution in [1.29, 1.82) is 0 Å². The summed E-state index contributed by atoms with van der Waals surface area (Å²) in [6.45, 7) is 9.44. The molecule has 0 saturated carbocycles. The Bertz CT molecular complexity index is 665. The van der Waals surface area contributed by atoms with Crippen molar-refractivity contribution in [3.05, 3.63) is 29.0 Å². The summed E-state index contributed by atoms with van der Waals surface area (Å²) < 4.78 is 10.9. The zero-order chi connectivity index (χ0) is 16.9. The second-order valence-corrected chi connectivity index (χ2v) is 6.41. The lowest BCUT2D eigenvalue weighted by Gasteiger charge is -2.30. The van der Waals surface area contributed by atoms with Crippen LogP contribution in [0.2, 0.25) is 0 Å². The summed E-state index contributed by atoms with van der Waals surface area (Å²) in [5, 5.41) is 12.3. The normalized spacial score (nSPS) is 16.5. The van der Waals surface area contributed by atoms with Crippen LogP contribution in [0.3, 0.4) is 0 Å². The molecule has 1 saturated heterocycles. The lowest BCUT2D eigenvalue weighted by molar-refractivity contribution is 0.131. The number of aromatic nitrogens is 4. The van der Waals surface area contributed by atoms with Crippen LogP contribution in [0.15, 0.2) is 10.6 Å². The highest BCUT2D eigenvalue weighted by atomic mass is 16.5. The van der Waals surface area contributed by atoms with Gasteiger partial charge >= 0.3 is 0 Å². The molecule has 130 valence electrons. The molecule has 0 radical (unpaired) electrons. The predicted octanol–water partition coefficient (Wildman–Crippen LogP) is 2.33. The SMILES string of the molecule is CCc1cc(OCC2CCN(Cc3noc(C)n3)CC2)nnc1C. The van der Waals surface area contributed by atoms with Crippen molar-refractivity contribution in [2.45, 2.75) is 46.6 Å². The predicted molar refractivity (Wildman–Crippen MR) is 88.7 cm³/mol. The molecular weight excluding hydrogens is 306 g/mol. The van der Waals surface area contributed by atoms with Crippen molar-refractivity contribution in [2.75, 3.05) is 19.7 Å². The van der Waals surface area contributed by atoms with Crippen molar-refractivity contribution in [2.24, 2.45) is 5.92 Å². The molecule has 1 fully saturated rings. The fourth-order valence-corrected chi connectivity index (χ4v) is 3.02. The van der Waals surface area contributed by atoms with Crippen LogP contribution < -0.4 is 4.74 Å². The Hall–Kier alpha value is -2.02. The average molecular weight is 331 g/mol. The van der Waals surface area contributed by atoms with E-state index in [0.29, 0.717) is 24.3 Å². The van der Waals surface area contributed by atoms with Crippen molar-refractivity contribution in [3.8, 4) is 5.88 Å². The molecule has 1 aliphatic heterocycles. The van der Waals surface area contributed by atoms with Crippen molar-refractivity contribution < 1.29 is 9.26 Å². The summed E-state index contributed by atoms with van der Waals surface area (Å²) in [5.41, 5.74) is 2.18. The Kier molecular flexibility index (Phi) is 5.40. The molecule has 0 spiro atoms. The van der Waals surface area contributed by atoms with E-state index >= 15 is 0 Å². The van der Waals surface area contributed by atoms with Gasteiger partial charge in [0.2, 0.25) is 11.8 Å². The molecule has 0 aliphatic carbocycles. The lowest BCUT2D eigenvalue weighted by Crippen LogP contribution is -2.35. The number of hydrogen-bond acceptors (Lipinski definition) is 7. The Morgan fingerprint density at radius 2 is 2.04 bits per heavy atom. The van der Waals surface area contributed by atoms with Crippen LogP contribution in [0.25, 0.3) is 0 Å². The molecule has 3 rings (SSSR count). The van der Waals surface area contributed by atoms with E-state index in [1.807, 2.05) is 19.9 Å². The fraction of sp³-hybridized carbons (Fsp3) is 0.647. The zero-order valence-corrected chi connectivity index (χ0v) is 14.7. The highest BCUT2D eigenvalue weighted by Gasteiger charge is 2.21. The fourth-order valence-electron chi connectivity index (χ4n) is 3.02. The number of ether oxygens (including phenoxy) is 1. The summed E-state index contributed by atoms with van der Waals surface area (Å²) in [6, 6.07) is 2.01. The molecular formula is C17H25N5O2. The van der Waals surface area contributed by atoms with Gasteiger partial charge < -0.3 is 9.26 Å². The van der Waals surface area contributed by atoms with Crippen LogP contribution >= 0.6 is 0 Å². The van der Waals surface area contributed by atoms with Crippen molar-refractivity contribution in [3.63, 3.8) is 0 Å². The Morgan fingerprint density at radius 3 is 2.71 bits per heavy atom. The molecule has 0 amide bonds. The lowest BCUT2D eigenvalue weighted by atomic mass is 9.98. The maximum absolute atomic E-state index is 5.87. The quantitative estimate of drug-likeness (QED) is 0.804. The standard InChI is InChI=1S/C17H25N5O2/c1-4-15-9-17(20-19-12(15)2)23-11-14-5-7-22(8-6-14)10-16-18-13(3)24-21-16/h9,14H,4-8,10-11H2,1-3H3. The van der Waals surface area contributed by atoms with Crippen LogP contribution in [-0.2, 0) is 13.0 Å². The smallest absolute Gasteiger partial charge is 0.233 e. The van der Waals surface area contributed by atoms with E-state index in [-0.39, 0.29) is 0 Å². The first-order valence-electron chi connectivity index (χ1n) is 8.61. The van der Waals surface area contributed by atoms with E-state index in [9.17, 15) is 0 Å². The third-order valence-corrected chi connectivity index (χ3v) is 4.55. The van der Waals surface area contributed by atoms with Crippen molar-refractivity contribution >= 4 is 0 Å². The second kappa shape index (κ2) is 7.70. The zero-order valence-electron chi connectivity index (χ0n) is 14.7. The van der Waals surface area contributed by atoms with Crippen LogP contribution in [0, 0.1) is 19.8 Å². The van der Waals surface area contributed by atoms with E-state index in [4.69, 9.17) is 9.26 Å². The number of hydrogen-bond donors (Lipinski definition) is 0. The number of piperidine rings is 1.